The second kappa shape index (κ2) is 7.26. The van der Waals surface area contributed by atoms with E-state index in [2.05, 4.69) is 20.8 Å². The molecule has 0 saturated heterocycles. The molecule has 0 amide bonds. The van der Waals surface area contributed by atoms with Crippen molar-refractivity contribution >= 4 is 5.78 Å². The number of ketones is 1. The number of hydrogen-bond donors (Lipinski definition) is 0. The van der Waals surface area contributed by atoms with E-state index in [1.807, 2.05) is 44.2 Å². The predicted octanol–water partition coefficient (Wildman–Crippen LogP) is 4.82. The second-order valence-corrected chi connectivity index (χ2v) is 5.34. The Balaban J connectivity index is 0.00000121. The second-order valence-electron chi connectivity index (χ2n) is 5.34. The average molecular weight is 234 g/mol. The number of carbonyl (C=O) groups is 1. The maximum atomic E-state index is 11.6. The van der Waals surface area contributed by atoms with Crippen LogP contribution in [0.15, 0.2) is 30.3 Å². The molecule has 0 N–H and O–H groups in total. The fraction of sp³-hybridized carbons (Fsp3) is 0.562. The standard InChI is InChI=1S/C14H20O.C2H6/c1-11(15)13(10-14(2,3)4)12-8-6-5-7-9-12;1-2/h5-9,13H,10H2,1-4H3;1-2H3/t13-;/m1./s1. The highest BCUT2D eigenvalue weighted by Crippen LogP contribution is 2.31. The average Bonchev–Trinajstić information content (AvgIpc) is 2.28. The number of carbonyl (C=O) groups excluding carboxylic acids is 1. The van der Waals surface area contributed by atoms with E-state index in [9.17, 15) is 4.79 Å². The van der Waals surface area contributed by atoms with Gasteiger partial charge in [0.1, 0.15) is 5.78 Å². The highest BCUT2D eigenvalue weighted by molar-refractivity contribution is 5.83. The zero-order valence-electron chi connectivity index (χ0n) is 12.1. The van der Waals surface area contributed by atoms with Gasteiger partial charge in [-0.05, 0) is 24.3 Å². The first-order chi connectivity index (χ1) is 7.90. The van der Waals surface area contributed by atoms with Crippen molar-refractivity contribution in [2.45, 2.75) is 53.9 Å². The van der Waals surface area contributed by atoms with E-state index in [0.29, 0.717) is 0 Å². The van der Waals surface area contributed by atoms with Gasteiger partial charge in [0.15, 0.2) is 0 Å². The third kappa shape index (κ3) is 6.25. The summed E-state index contributed by atoms with van der Waals surface area (Å²) < 4.78 is 0. The van der Waals surface area contributed by atoms with E-state index >= 15 is 0 Å². The fourth-order valence-corrected chi connectivity index (χ4v) is 1.79. The van der Waals surface area contributed by atoms with Crippen LogP contribution in [0.4, 0.5) is 0 Å². The first kappa shape index (κ1) is 15.9. The maximum Gasteiger partial charge on any atom is 0.137 e. The summed E-state index contributed by atoms with van der Waals surface area (Å²) in [7, 11) is 0. The number of benzene rings is 1. The molecule has 0 heterocycles. The molecular formula is C16H26O. The molecule has 0 aromatic heterocycles. The van der Waals surface area contributed by atoms with Crippen LogP contribution < -0.4 is 0 Å². The van der Waals surface area contributed by atoms with Crippen LogP contribution in [0.5, 0.6) is 0 Å². The Morgan fingerprint density at radius 2 is 1.59 bits per heavy atom. The van der Waals surface area contributed by atoms with Crippen molar-refractivity contribution in [3.63, 3.8) is 0 Å². The van der Waals surface area contributed by atoms with Crippen molar-refractivity contribution in [1.29, 1.82) is 0 Å². The van der Waals surface area contributed by atoms with Gasteiger partial charge < -0.3 is 0 Å². The van der Waals surface area contributed by atoms with Gasteiger partial charge in [-0.1, -0.05) is 65.0 Å². The van der Waals surface area contributed by atoms with Gasteiger partial charge in [-0.25, -0.2) is 0 Å². The number of rotatable bonds is 3. The summed E-state index contributed by atoms with van der Waals surface area (Å²) in [5.74, 6) is 0.308. The maximum absolute atomic E-state index is 11.6. The minimum Gasteiger partial charge on any atom is -0.299 e. The quantitative estimate of drug-likeness (QED) is 0.732. The monoisotopic (exact) mass is 234 g/mol. The molecule has 0 saturated carbocycles. The van der Waals surface area contributed by atoms with Crippen LogP contribution in [0.3, 0.4) is 0 Å². The molecule has 0 aliphatic heterocycles. The van der Waals surface area contributed by atoms with Crippen LogP contribution in [0.2, 0.25) is 0 Å². The van der Waals surface area contributed by atoms with E-state index in [4.69, 9.17) is 0 Å². The minimum atomic E-state index is 0.0474. The zero-order chi connectivity index (χ0) is 13.5. The first-order valence-corrected chi connectivity index (χ1v) is 6.45. The van der Waals surface area contributed by atoms with E-state index < -0.39 is 0 Å². The van der Waals surface area contributed by atoms with Gasteiger partial charge in [0.2, 0.25) is 0 Å². The molecule has 1 atom stereocenters. The van der Waals surface area contributed by atoms with Gasteiger partial charge in [0.05, 0.1) is 0 Å². The predicted molar refractivity (Wildman–Crippen MR) is 75.3 cm³/mol. The fourth-order valence-electron chi connectivity index (χ4n) is 1.79. The van der Waals surface area contributed by atoms with Gasteiger partial charge in [0, 0.05) is 5.92 Å². The largest absolute Gasteiger partial charge is 0.299 e. The highest BCUT2D eigenvalue weighted by atomic mass is 16.1. The topological polar surface area (TPSA) is 17.1 Å². The molecule has 96 valence electrons. The van der Waals surface area contributed by atoms with E-state index in [1.165, 1.54) is 0 Å². The molecule has 1 aromatic carbocycles. The Bertz CT molecular complexity index is 319. The van der Waals surface area contributed by atoms with E-state index in [-0.39, 0.29) is 17.1 Å². The Morgan fingerprint density at radius 3 is 1.94 bits per heavy atom. The van der Waals surface area contributed by atoms with Gasteiger partial charge >= 0.3 is 0 Å². The summed E-state index contributed by atoms with van der Waals surface area (Å²) in [4.78, 5) is 11.6. The Kier molecular flexibility index (Phi) is 6.79. The summed E-state index contributed by atoms with van der Waals surface area (Å²) in [6, 6.07) is 10.1. The lowest BCUT2D eigenvalue weighted by Crippen LogP contribution is -2.17. The number of Topliss-reactive ketones (excluding diaryl/α,β-unsaturated/α-hetero) is 1. The van der Waals surface area contributed by atoms with E-state index in [1.54, 1.807) is 6.92 Å². The Morgan fingerprint density at radius 1 is 1.12 bits per heavy atom. The summed E-state index contributed by atoms with van der Waals surface area (Å²) >= 11 is 0. The lowest BCUT2D eigenvalue weighted by molar-refractivity contribution is -0.119. The van der Waals surface area contributed by atoms with Gasteiger partial charge in [-0.3, -0.25) is 4.79 Å². The SMILES string of the molecule is CC.CC(=O)[C@@H](CC(C)(C)C)c1ccccc1. The molecule has 0 bridgehead atoms. The van der Waals surface area contributed by atoms with Crippen LogP contribution in [-0.2, 0) is 4.79 Å². The van der Waals surface area contributed by atoms with Gasteiger partial charge in [0.25, 0.3) is 0 Å². The van der Waals surface area contributed by atoms with Crippen LogP contribution in [0, 0.1) is 5.41 Å². The van der Waals surface area contributed by atoms with Crippen LogP contribution in [-0.4, -0.2) is 5.78 Å². The molecule has 0 spiro atoms. The summed E-state index contributed by atoms with van der Waals surface area (Å²) in [5, 5.41) is 0. The summed E-state index contributed by atoms with van der Waals surface area (Å²) in [6.07, 6.45) is 0.909. The minimum absolute atomic E-state index is 0.0474. The molecule has 0 aliphatic rings. The molecule has 1 aromatic rings. The third-order valence-corrected chi connectivity index (χ3v) is 2.51. The van der Waals surface area contributed by atoms with Crippen molar-refractivity contribution in [3.05, 3.63) is 35.9 Å². The van der Waals surface area contributed by atoms with Crippen molar-refractivity contribution in [2.24, 2.45) is 5.41 Å². The normalized spacial score (nSPS) is 12.4. The molecule has 17 heavy (non-hydrogen) atoms. The van der Waals surface area contributed by atoms with Crippen LogP contribution >= 0.6 is 0 Å². The Labute approximate surface area is 106 Å². The van der Waals surface area contributed by atoms with Gasteiger partial charge in [-0.2, -0.15) is 0 Å². The lowest BCUT2D eigenvalue weighted by Gasteiger charge is -2.24. The lowest BCUT2D eigenvalue weighted by atomic mass is 9.80. The van der Waals surface area contributed by atoms with Crippen LogP contribution in [0.1, 0.15) is 59.4 Å². The molecule has 0 unspecified atom stereocenters. The third-order valence-electron chi connectivity index (χ3n) is 2.51. The van der Waals surface area contributed by atoms with Crippen molar-refractivity contribution in [2.75, 3.05) is 0 Å². The Hall–Kier alpha value is -1.11. The van der Waals surface area contributed by atoms with Crippen molar-refractivity contribution in [3.8, 4) is 0 Å². The molecule has 1 heteroatoms. The molecule has 0 fully saturated rings. The van der Waals surface area contributed by atoms with Crippen molar-refractivity contribution in [1.82, 2.24) is 0 Å². The molecular weight excluding hydrogens is 208 g/mol. The molecule has 0 radical (unpaired) electrons. The molecule has 0 aliphatic carbocycles. The van der Waals surface area contributed by atoms with Gasteiger partial charge in [-0.15, -0.1) is 0 Å². The molecule has 1 nitrogen and oxygen atoms in total. The molecule has 1 rings (SSSR count). The zero-order valence-corrected chi connectivity index (χ0v) is 12.1. The smallest absolute Gasteiger partial charge is 0.137 e. The number of hydrogen-bond acceptors (Lipinski definition) is 1. The summed E-state index contributed by atoms with van der Waals surface area (Å²) in [5.41, 5.74) is 1.33. The van der Waals surface area contributed by atoms with E-state index in [0.717, 1.165) is 12.0 Å². The van der Waals surface area contributed by atoms with Crippen molar-refractivity contribution < 1.29 is 4.79 Å². The highest BCUT2D eigenvalue weighted by Gasteiger charge is 2.23. The van der Waals surface area contributed by atoms with Crippen LogP contribution in [0.25, 0.3) is 0 Å². The first-order valence-electron chi connectivity index (χ1n) is 6.45. The summed E-state index contributed by atoms with van der Waals surface area (Å²) in [6.45, 7) is 12.2.